The number of aliphatic carboxylic acids is 1. The van der Waals surface area contributed by atoms with Crippen LogP contribution in [0.25, 0.3) is 0 Å². The maximum atomic E-state index is 11.7. The molecule has 2 aromatic rings. The summed E-state index contributed by atoms with van der Waals surface area (Å²) < 4.78 is 0. The van der Waals surface area contributed by atoms with E-state index >= 15 is 0 Å². The fourth-order valence-electron chi connectivity index (χ4n) is 3.18. The lowest BCUT2D eigenvalue weighted by Gasteiger charge is -2.37. The van der Waals surface area contributed by atoms with Gasteiger partial charge in [-0.3, -0.25) is 14.6 Å². The maximum Gasteiger partial charge on any atom is 0.325 e. The number of hydrogen-bond donors (Lipinski definition) is 1. The molecule has 0 radical (unpaired) electrons. The molecule has 0 saturated carbocycles. The molecule has 3 rings (SSSR count). The average molecular weight is 336 g/mol. The number of hydrogen-bond acceptors (Lipinski definition) is 5. The highest BCUT2D eigenvalue weighted by Crippen LogP contribution is 2.22. The van der Waals surface area contributed by atoms with Crippen LogP contribution in [0.4, 0.5) is 0 Å². The second-order valence-electron chi connectivity index (χ2n) is 6.09. The first-order valence-corrected chi connectivity index (χ1v) is 8.27. The highest BCUT2D eigenvalue weighted by atomic mass is 16.4. The van der Waals surface area contributed by atoms with Gasteiger partial charge in [0.1, 0.15) is 17.8 Å². The number of carboxylic acids is 1. The Morgan fingerprint density at radius 3 is 2.48 bits per heavy atom. The third kappa shape index (κ3) is 4.21. The smallest absolute Gasteiger partial charge is 0.325 e. The normalized spacial score (nSPS) is 16.9. The van der Waals surface area contributed by atoms with Crippen LogP contribution in [-0.2, 0) is 11.3 Å². The molecule has 0 bridgehead atoms. The molecular weight excluding hydrogens is 316 g/mol. The van der Waals surface area contributed by atoms with Crippen molar-refractivity contribution in [3.8, 4) is 6.07 Å². The molecule has 128 valence electrons. The van der Waals surface area contributed by atoms with E-state index in [4.69, 9.17) is 5.26 Å². The molecule has 1 aliphatic rings. The van der Waals surface area contributed by atoms with E-state index in [9.17, 15) is 9.90 Å². The summed E-state index contributed by atoms with van der Waals surface area (Å²) in [6.07, 6.45) is 0. The van der Waals surface area contributed by atoms with Crippen LogP contribution in [0.5, 0.6) is 0 Å². The van der Waals surface area contributed by atoms with Gasteiger partial charge in [-0.05, 0) is 17.7 Å². The number of nitriles is 1. The van der Waals surface area contributed by atoms with Crippen molar-refractivity contribution in [2.24, 2.45) is 0 Å². The van der Waals surface area contributed by atoms with Crippen molar-refractivity contribution in [2.75, 3.05) is 26.2 Å². The molecule has 2 heterocycles. The van der Waals surface area contributed by atoms with Crippen molar-refractivity contribution >= 4 is 5.97 Å². The Morgan fingerprint density at radius 2 is 1.84 bits per heavy atom. The van der Waals surface area contributed by atoms with Crippen LogP contribution in [0.1, 0.15) is 23.0 Å². The van der Waals surface area contributed by atoms with Crippen molar-refractivity contribution in [2.45, 2.75) is 12.6 Å². The van der Waals surface area contributed by atoms with E-state index in [-0.39, 0.29) is 0 Å². The molecular formula is C19H20N4O2. The molecule has 1 fully saturated rings. The first kappa shape index (κ1) is 17.1. The van der Waals surface area contributed by atoms with Gasteiger partial charge < -0.3 is 5.11 Å². The van der Waals surface area contributed by atoms with Crippen LogP contribution < -0.4 is 0 Å². The summed E-state index contributed by atoms with van der Waals surface area (Å²) in [6, 6.07) is 16.3. The number of nitrogens with zero attached hydrogens (tertiary/aromatic N) is 4. The monoisotopic (exact) mass is 336 g/mol. The van der Waals surface area contributed by atoms with E-state index in [1.807, 2.05) is 47.4 Å². The molecule has 6 nitrogen and oxygen atoms in total. The van der Waals surface area contributed by atoms with Gasteiger partial charge in [-0.2, -0.15) is 5.26 Å². The maximum absolute atomic E-state index is 11.7. The Kier molecular flexibility index (Phi) is 5.39. The number of rotatable bonds is 5. The Morgan fingerprint density at radius 1 is 1.12 bits per heavy atom. The van der Waals surface area contributed by atoms with Gasteiger partial charge in [0.25, 0.3) is 0 Å². The molecule has 1 aromatic carbocycles. The summed E-state index contributed by atoms with van der Waals surface area (Å²) in [5, 5.41) is 18.6. The minimum Gasteiger partial charge on any atom is -0.480 e. The summed E-state index contributed by atoms with van der Waals surface area (Å²) in [6.45, 7) is 3.59. The quantitative estimate of drug-likeness (QED) is 0.898. The number of piperazine rings is 1. The lowest BCUT2D eigenvalue weighted by molar-refractivity contribution is -0.144. The topological polar surface area (TPSA) is 80.5 Å². The van der Waals surface area contributed by atoms with Gasteiger partial charge in [0.05, 0.1) is 5.69 Å². The van der Waals surface area contributed by atoms with Crippen LogP contribution in [0.2, 0.25) is 0 Å². The van der Waals surface area contributed by atoms with Crippen LogP contribution in [0, 0.1) is 11.3 Å². The lowest BCUT2D eigenvalue weighted by Crippen LogP contribution is -2.48. The summed E-state index contributed by atoms with van der Waals surface area (Å²) in [4.78, 5) is 20.3. The van der Waals surface area contributed by atoms with Gasteiger partial charge in [-0.15, -0.1) is 0 Å². The van der Waals surface area contributed by atoms with Gasteiger partial charge in [0.2, 0.25) is 0 Å². The fraction of sp³-hybridized carbons (Fsp3) is 0.316. The zero-order valence-electron chi connectivity index (χ0n) is 13.9. The van der Waals surface area contributed by atoms with E-state index in [0.29, 0.717) is 25.3 Å². The zero-order valence-corrected chi connectivity index (χ0v) is 13.9. The van der Waals surface area contributed by atoms with Crippen molar-refractivity contribution < 1.29 is 9.90 Å². The lowest BCUT2D eigenvalue weighted by atomic mass is 10.0. The minimum atomic E-state index is -0.817. The largest absolute Gasteiger partial charge is 0.480 e. The minimum absolute atomic E-state index is 0.422. The molecule has 6 heteroatoms. The molecule has 0 aliphatic carbocycles. The van der Waals surface area contributed by atoms with Crippen LogP contribution in [0.15, 0.2) is 48.5 Å². The van der Waals surface area contributed by atoms with Crippen molar-refractivity contribution in [3.63, 3.8) is 0 Å². The Hall–Kier alpha value is -2.75. The molecule has 0 amide bonds. The van der Waals surface area contributed by atoms with Gasteiger partial charge >= 0.3 is 5.97 Å². The molecule has 1 saturated heterocycles. The van der Waals surface area contributed by atoms with Gasteiger partial charge in [-0.1, -0.05) is 36.4 Å². The highest BCUT2D eigenvalue weighted by molar-refractivity contribution is 5.75. The van der Waals surface area contributed by atoms with Gasteiger partial charge in [0.15, 0.2) is 0 Å². The molecule has 1 atom stereocenters. The number of aromatic nitrogens is 1. The zero-order chi connectivity index (χ0) is 17.6. The van der Waals surface area contributed by atoms with E-state index in [1.165, 1.54) is 0 Å². The molecule has 25 heavy (non-hydrogen) atoms. The predicted molar refractivity (Wildman–Crippen MR) is 92.6 cm³/mol. The number of carboxylic acid groups (broad SMARTS) is 1. The first-order chi connectivity index (χ1) is 12.2. The summed E-state index contributed by atoms with van der Waals surface area (Å²) in [7, 11) is 0. The summed E-state index contributed by atoms with van der Waals surface area (Å²) in [5.74, 6) is -0.817. The summed E-state index contributed by atoms with van der Waals surface area (Å²) >= 11 is 0. The fourth-order valence-corrected chi connectivity index (χ4v) is 3.18. The Balaban J connectivity index is 1.62. The molecule has 1 aliphatic heterocycles. The van der Waals surface area contributed by atoms with Crippen LogP contribution >= 0.6 is 0 Å². The van der Waals surface area contributed by atoms with Crippen molar-refractivity contribution in [1.82, 2.24) is 14.8 Å². The van der Waals surface area contributed by atoms with E-state index in [1.54, 1.807) is 6.07 Å². The average Bonchev–Trinajstić information content (AvgIpc) is 2.64. The van der Waals surface area contributed by atoms with Gasteiger partial charge in [0, 0.05) is 32.7 Å². The predicted octanol–water partition coefficient (Wildman–Crippen LogP) is 1.90. The van der Waals surface area contributed by atoms with Crippen LogP contribution in [-0.4, -0.2) is 52.0 Å². The second kappa shape index (κ2) is 7.88. The summed E-state index contributed by atoms with van der Waals surface area (Å²) in [5.41, 5.74) is 2.10. The number of benzene rings is 1. The first-order valence-electron chi connectivity index (χ1n) is 8.27. The third-order valence-electron chi connectivity index (χ3n) is 4.43. The highest BCUT2D eigenvalue weighted by Gasteiger charge is 2.30. The second-order valence-corrected chi connectivity index (χ2v) is 6.09. The molecule has 1 unspecified atom stereocenters. The Labute approximate surface area is 146 Å². The molecule has 1 N–H and O–H groups in total. The molecule has 1 aromatic heterocycles. The van der Waals surface area contributed by atoms with Crippen molar-refractivity contribution in [3.05, 3.63) is 65.5 Å². The SMILES string of the molecule is N#Cc1cccc(CN2CCN(C(C(=O)O)c3ccccc3)CC2)n1. The van der Waals surface area contributed by atoms with E-state index < -0.39 is 12.0 Å². The van der Waals surface area contributed by atoms with Crippen molar-refractivity contribution in [1.29, 1.82) is 5.26 Å². The third-order valence-corrected chi connectivity index (χ3v) is 4.43. The standard InChI is InChI=1S/C19H20N4O2/c20-13-16-7-4-8-17(21-16)14-22-9-11-23(12-10-22)18(19(24)25)15-5-2-1-3-6-15/h1-8,18H,9-12,14H2,(H,24,25). The van der Waals surface area contributed by atoms with Gasteiger partial charge in [-0.25, -0.2) is 4.98 Å². The van der Waals surface area contributed by atoms with E-state index in [2.05, 4.69) is 16.0 Å². The molecule has 0 spiro atoms. The number of carbonyl (C=O) groups is 1. The van der Waals surface area contributed by atoms with Crippen LogP contribution in [0.3, 0.4) is 0 Å². The Bertz CT molecular complexity index is 764. The number of pyridine rings is 1. The van der Waals surface area contributed by atoms with E-state index in [0.717, 1.165) is 24.3 Å².